The van der Waals surface area contributed by atoms with E-state index in [0.717, 1.165) is 19.3 Å². The quantitative estimate of drug-likeness (QED) is 0.520. The number of hydrogen-bond donors (Lipinski definition) is 0. The second kappa shape index (κ2) is 5.47. The molecule has 0 bridgehead atoms. The lowest BCUT2D eigenvalue weighted by atomic mass is 10.2. The van der Waals surface area contributed by atoms with Gasteiger partial charge >= 0.3 is 5.97 Å². The predicted octanol–water partition coefficient (Wildman–Crippen LogP) is 1.87. The monoisotopic (exact) mass is 216 g/mol. The first-order chi connectivity index (χ1) is 6.99. The third-order valence-corrected chi connectivity index (χ3v) is 2.29. The molecule has 0 amide bonds. The summed E-state index contributed by atoms with van der Waals surface area (Å²) in [6.45, 7) is 6.45. The van der Waals surface area contributed by atoms with Crippen molar-refractivity contribution in [2.75, 3.05) is 13.2 Å². The van der Waals surface area contributed by atoms with Crippen LogP contribution in [-0.2, 0) is 19.0 Å². The van der Waals surface area contributed by atoms with E-state index in [9.17, 15) is 4.79 Å². The minimum atomic E-state index is -0.430. The second-order valence-electron chi connectivity index (χ2n) is 4.29. The van der Waals surface area contributed by atoms with Crippen molar-refractivity contribution in [3.05, 3.63) is 0 Å². The zero-order valence-corrected chi connectivity index (χ0v) is 9.75. The fraction of sp³-hybridized carbons (Fsp3) is 0.909. The van der Waals surface area contributed by atoms with Crippen LogP contribution in [-0.4, -0.2) is 31.1 Å². The smallest absolute Gasteiger partial charge is 0.302 e. The summed E-state index contributed by atoms with van der Waals surface area (Å²) in [5.41, 5.74) is 0. The molecule has 0 radical (unpaired) electrons. The van der Waals surface area contributed by atoms with E-state index in [2.05, 4.69) is 0 Å². The molecule has 15 heavy (non-hydrogen) atoms. The van der Waals surface area contributed by atoms with E-state index < -0.39 is 5.79 Å². The van der Waals surface area contributed by atoms with Crippen LogP contribution in [0.25, 0.3) is 0 Å². The normalized spacial score (nSPS) is 24.1. The van der Waals surface area contributed by atoms with Gasteiger partial charge in [0, 0.05) is 6.92 Å². The summed E-state index contributed by atoms with van der Waals surface area (Å²) in [7, 11) is 0. The van der Waals surface area contributed by atoms with Gasteiger partial charge in [-0.1, -0.05) is 0 Å². The number of carbonyl (C=O) groups excluding carboxylic acids is 1. The molecule has 1 heterocycles. The van der Waals surface area contributed by atoms with Gasteiger partial charge in [-0.25, -0.2) is 0 Å². The summed E-state index contributed by atoms with van der Waals surface area (Å²) in [6.07, 6.45) is 3.04. The molecular weight excluding hydrogens is 196 g/mol. The highest BCUT2D eigenvalue weighted by atomic mass is 16.7. The molecule has 0 saturated carbocycles. The van der Waals surface area contributed by atoms with Gasteiger partial charge in [0.05, 0.1) is 19.3 Å². The van der Waals surface area contributed by atoms with Crippen LogP contribution in [0.3, 0.4) is 0 Å². The highest BCUT2D eigenvalue weighted by Gasteiger charge is 2.31. The van der Waals surface area contributed by atoms with Gasteiger partial charge in [-0.2, -0.15) is 0 Å². The Hall–Kier alpha value is -0.610. The Bertz CT molecular complexity index is 213. The summed E-state index contributed by atoms with van der Waals surface area (Å²) in [5.74, 6) is -0.642. The van der Waals surface area contributed by atoms with Crippen LogP contribution < -0.4 is 0 Å². The SMILES string of the molecule is CC(=O)OCCCC[C@H]1COC(C)(C)O1. The molecule has 1 fully saturated rings. The Kier molecular flexibility index (Phi) is 4.54. The molecule has 88 valence electrons. The van der Waals surface area contributed by atoms with Gasteiger partial charge in [0.15, 0.2) is 5.79 Å². The standard InChI is InChI=1S/C11H20O4/c1-9(12)13-7-5-4-6-10-8-14-11(2,3)15-10/h10H,4-8H2,1-3H3/t10-/m0/s1. The molecule has 0 aromatic carbocycles. The van der Waals surface area contributed by atoms with Crippen molar-refractivity contribution in [3.63, 3.8) is 0 Å². The first-order valence-corrected chi connectivity index (χ1v) is 5.45. The van der Waals surface area contributed by atoms with Crippen molar-refractivity contribution in [3.8, 4) is 0 Å². The maximum atomic E-state index is 10.5. The lowest BCUT2D eigenvalue weighted by molar-refractivity contribution is -0.141. The van der Waals surface area contributed by atoms with Crippen molar-refractivity contribution in [2.45, 2.75) is 51.9 Å². The van der Waals surface area contributed by atoms with Crippen LogP contribution in [0.4, 0.5) is 0 Å². The van der Waals surface area contributed by atoms with E-state index >= 15 is 0 Å². The van der Waals surface area contributed by atoms with Crippen molar-refractivity contribution in [1.29, 1.82) is 0 Å². The molecule has 0 N–H and O–H groups in total. The molecule has 0 aromatic heterocycles. The second-order valence-corrected chi connectivity index (χ2v) is 4.29. The van der Waals surface area contributed by atoms with Crippen LogP contribution >= 0.6 is 0 Å². The molecule has 0 unspecified atom stereocenters. The largest absolute Gasteiger partial charge is 0.466 e. The number of ether oxygens (including phenoxy) is 3. The molecular formula is C11H20O4. The van der Waals surface area contributed by atoms with Crippen LogP contribution in [0.2, 0.25) is 0 Å². The maximum absolute atomic E-state index is 10.5. The molecule has 0 aromatic rings. The first-order valence-electron chi connectivity index (χ1n) is 5.45. The number of rotatable bonds is 5. The van der Waals surface area contributed by atoms with Gasteiger partial charge in [-0.3, -0.25) is 4.79 Å². The van der Waals surface area contributed by atoms with E-state index in [1.54, 1.807) is 0 Å². The van der Waals surface area contributed by atoms with Crippen LogP contribution in [0.5, 0.6) is 0 Å². The molecule has 1 aliphatic rings. The zero-order valence-electron chi connectivity index (χ0n) is 9.75. The third kappa shape index (κ3) is 5.14. The Morgan fingerprint density at radius 3 is 2.73 bits per heavy atom. The lowest BCUT2D eigenvalue weighted by Gasteiger charge is -2.16. The van der Waals surface area contributed by atoms with E-state index in [0.29, 0.717) is 13.2 Å². The first kappa shape index (κ1) is 12.5. The lowest BCUT2D eigenvalue weighted by Crippen LogP contribution is -2.21. The third-order valence-electron chi connectivity index (χ3n) is 2.29. The average molecular weight is 216 g/mol. The fourth-order valence-corrected chi connectivity index (χ4v) is 1.60. The van der Waals surface area contributed by atoms with Crippen molar-refractivity contribution in [1.82, 2.24) is 0 Å². The topological polar surface area (TPSA) is 44.8 Å². The molecule has 4 nitrogen and oxygen atoms in total. The molecule has 4 heteroatoms. The van der Waals surface area contributed by atoms with E-state index in [1.807, 2.05) is 13.8 Å². The zero-order chi connectivity index (χ0) is 11.3. The van der Waals surface area contributed by atoms with E-state index in [4.69, 9.17) is 14.2 Å². The minimum Gasteiger partial charge on any atom is -0.466 e. The summed E-state index contributed by atoms with van der Waals surface area (Å²) in [4.78, 5) is 10.5. The Balaban J connectivity index is 1.99. The van der Waals surface area contributed by atoms with Crippen molar-refractivity contribution >= 4 is 5.97 Å². The van der Waals surface area contributed by atoms with Gasteiger partial charge in [0.1, 0.15) is 0 Å². The van der Waals surface area contributed by atoms with Gasteiger partial charge in [-0.15, -0.1) is 0 Å². The molecule has 1 atom stereocenters. The van der Waals surface area contributed by atoms with E-state index in [-0.39, 0.29) is 12.1 Å². The minimum absolute atomic E-state index is 0.192. The average Bonchev–Trinajstić information content (AvgIpc) is 2.44. The maximum Gasteiger partial charge on any atom is 0.302 e. The Morgan fingerprint density at radius 1 is 1.47 bits per heavy atom. The highest BCUT2D eigenvalue weighted by molar-refractivity contribution is 5.65. The number of hydrogen-bond acceptors (Lipinski definition) is 4. The van der Waals surface area contributed by atoms with Crippen molar-refractivity contribution < 1.29 is 19.0 Å². The summed E-state index contributed by atoms with van der Waals surface area (Å²) >= 11 is 0. The summed E-state index contributed by atoms with van der Waals surface area (Å²) in [5, 5.41) is 0. The number of esters is 1. The predicted molar refractivity (Wildman–Crippen MR) is 55.4 cm³/mol. The summed E-state index contributed by atoms with van der Waals surface area (Å²) < 4.78 is 15.9. The highest BCUT2D eigenvalue weighted by Crippen LogP contribution is 2.24. The molecule has 0 spiro atoms. The van der Waals surface area contributed by atoms with Crippen LogP contribution in [0.1, 0.15) is 40.0 Å². The van der Waals surface area contributed by atoms with Crippen LogP contribution in [0, 0.1) is 0 Å². The number of unbranched alkanes of at least 4 members (excludes halogenated alkanes) is 1. The van der Waals surface area contributed by atoms with Crippen LogP contribution in [0.15, 0.2) is 0 Å². The number of carbonyl (C=O) groups is 1. The van der Waals surface area contributed by atoms with Gasteiger partial charge < -0.3 is 14.2 Å². The van der Waals surface area contributed by atoms with Gasteiger partial charge in [0.25, 0.3) is 0 Å². The molecule has 1 rings (SSSR count). The Labute approximate surface area is 90.9 Å². The fourth-order valence-electron chi connectivity index (χ4n) is 1.60. The van der Waals surface area contributed by atoms with Crippen molar-refractivity contribution in [2.24, 2.45) is 0 Å². The van der Waals surface area contributed by atoms with Gasteiger partial charge in [-0.05, 0) is 33.1 Å². The van der Waals surface area contributed by atoms with E-state index in [1.165, 1.54) is 6.92 Å². The van der Waals surface area contributed by atoms with Gasteiger partial charge in [0.2, 0.25) is 0 Å². The summed E-state index contributed by atoms with van der Waals surface area (Å²) in [6, 6.07) is 0. The molecule has 0 aliphatic carbocycles. The molecule has 1 aliphatic heterocycles. The Morgan fingerprint density at radius 2 is 2.20 bits per heavy atom. The molecule has 1 saturated heterocycles.